The number of nitrogens with zero attached hydrogens (tertiary/aromatic N) is 1. The fourth-order valence-corrected chi connectivity index (χ4v) is 4.72. The number of thioether (sulfide) groups is 2. The number of carbonyl (C=O) groups is 1. The van der Waals surface area contributed by atoms with Crippen LogP contribution in [0.1, 0.15) is 27.6 Å². The van der Waals surface area contributed by atoms with E-state index < -0.39 is 0 Å². The lowest BCUT2D eigenvalue weighted by atomic mass is 10.1. The van der Waals surface area contributed by atoms with E-state index in [4.69, 9.17) is 0 Å². The van der Waals surface area contributed by atoms with Crippen molar-refractivity contribution in [2.45, 2.75) is 16.6 Å². The maximum absolute atomic E-state index is 12.9. The van der Waals surface area contributed by atoms with Crippen LogP contribution >= 0.6 is 23.5 Å². The molecule has 3 rings (SSSR count). The topological polar surface area (TPSA) is 20.3 Å². The molecule has 120 valence electrons. The molecule has 0 bridgehead atoms. The molecule has 1 heterocycles. The van der Waals surface area contributed by atoms with Crippen LogP contribution < -0.4 is 0 Å². The van der Waals surface area contributed by atoms with Gasteiger partial charge in [-0.15, -0.1) is 11.8 Å². The van der Waals surface area contributed by atoms with Gasteiger partial charge in [-0.25, -0.2) is 0 Å². The highest BCUT2D eigenvalue weighted by Gasteiger charge is 2.23. The maximum Gasteiger partial charge on any atom is 0.255 e. The number of carbonyl (C=O) groups excluding carboxylic acids is 1. The summed E-state index contributed by atoms with van der Waals surface area (Å²) in [6.45, 7) is 1.66. The van der Waals surface area contributed by atoms with Gasteiger partial charge in [0.2, 0.25) is 0 Å². The van der Waals surface area contributed by atoms with Crippen molar-refractivity contribution in [3.05, 3.63) is 65.7 Å². The van der Waals surface area contributed by atoms with Crippen molar-refractivity contribution < 1.29 is 4.79 Å². The van der Waals surface area contributed by atoms with Gasteiger partial charge in [0.1, 0.15) is 0 Å². The molecule has 1 fully saturated rings. The van der Waals surface area contributed by atoms with E-state index in [1.807, 2.05) is 47.2 Å². The average Bonchev–Trinajstić information content (AvgIpc) is 2.88. The van der Waals surface area contributed by atoms with E-state index >= 15 is 0 Å². The molecule has 4 heteroatoms. The molecule has 0 aliphatic carbocycles. The van der Waals surface area contributed by atoms with Gasteiger partial charge >= 0.3 is 0 Å². The molecule has 0 radical (unpaired) electrons. The first-order chi connectivity index (χ1) is 11.3. The summed E-state index contributed by atoms with van der Waals surface area (Å²) < 4.78 is 0. The van der Waals surface area contributed by atoms with Crippen LogP contribution in [0.4, 0.5) is 0 Å². The number of hydrogen-bond acceptors (Lipinski definition) is 3. The zero-order valence-corrected chi connectivity index (χ0v) is 14.9. The summed E-state index contributed by atoms with van der Waals surface area (Å²) in [7, 11) is 0. The van der Waals surface area contributed by atoms with Crippen molar-refractivity contribution in [1.29, 1.82) is 0 Å². The zero-order valence-electron chi connectivity index (χ0n) is 13.3. The van der Waals surface area contributed by atoms with Crippen LogP contribution in [0.15, 0.2) is 59.5 Å². The summed E-state index contributed by atoms with van der Waals surface area (Å²) in [5.41, 5.74) is 2.21. The lowest BCUT2D eigenvalue weighted by molar-refractivity contribution is 0.0763. The van der Waals surface area contributed by atoms with Crippen LogP contribution in [0.5, 0.6) is 0 Å². The molecule has 23 heavy (non-hydrogen) atoms. The van der Waals surface area contributed by atoms with Gasteiger partial charge < -0.3 is 4.90 Å². The van der Waals surface area contributed by atoms with Crippen LogP contribution in [0.2, 0.25) is 0 Å². The summed E-state index contributed by atoms with van der Waals surface area (Å²) in [5.74, 6) is 1.16. The highest BCUT2D eigenvalue weighted by atomic mass is 32.2. The molecule has 1 aliphatic heterocycles. The van der Waals surface area contributed by atoms with Crippen molar-refractivity contribution in [3.63, 3.8) is 0 Å². The van der Waals surface area contributed by atoms with Crippen LogP contribution in [0.3, 0.4) is 0 Å². The highest BCUT2D eigenvalue weighted by Crippen LogP contribution is 2.34. The largest absolute Gasteiger partial charge is 0.338 e. The minimum Gasteiger partial charge on any atom is -0.338 e. The molecular formula is C19H21NOS2. The van der Waals surface area contributed by atoms with Crippen LogP contribution in [-0.4, -0.2) is 35.9 Å². The molecule has 2 aromatic rings. The van der Waals surface area contributed by atoms with Gasteiger partial charge in [0.05, 0.1) is 5.56 Å². The first-order valence-corrected chi connectivity index (χ1v) is 10.2. The highest BCUT2D eigenvalue weighted by molar-refractivity contribution is 7.99. The summed E-state index contributed by atoms with van der Waals surface area (Å²) in [6.07, 6.45) is 3.04. The Bertz CT molecular complexity index is 659. The molecule has 2 aromatic carbocycles. The molecule has 0 N–H and O–H groups in total. The van der Waals surface area contributed by atoms with Crippen LogP contribution in [0.25, 0.3) is 0 Å². The molecule has 1 atom stereocenters. The summed E-state index contributed by atoms with van der Waals surface area (Å²) in [4.78, 5) is 16.0. The number of amides is 1. The van der Waals surface area contributed by atoms with Gasteiger partial charge in [0.25, 0.3) is 5.91 Å². The van der Waals surface area contributed by atoms with Crippen LogP contribution in [0, 0.1) is 0 Å². The predicted octanol–water partition coefficient (Wildman–Crippen LogP) is 4.73. The van der Waals surface area contributed by atoms with Gasteiger partial charge in [0.15, 0.2) is 0 Å². The number of hydrogen-bond donors (Lipinski definition) is 0. The van der Waals surface area contributed by atoms with Gasteiger partial charge in [-0.2, -0.15) is 11.8 Å². The predicted molar refractivity (Wildman–Crippen MR) is 100 cm³/mol. The molecular weight excluding hydrogens is 322 g/mol. The third kappa shape index (κ3) is 3.93. The standard InChI is InChI=1S/C19H21NOS2/c1-22-18-10-6-5-9-16(18)19(21)20-12-11-17(23-14-13-20)15-7-3-2-4-8-15/h2-10,17H,11-14H2,1H3/t17-/m0/s1. The van der Waals surface area contributed by atoms with Crippen molar-refractivity contribution in [3.8, 4) is 0 Å². The van der Waals surface area contributed by atoms with E-state index in [2.05, 4.69) is 30.3 Å². The fourth-order valence-electron chi connectivity index (χ4n) is 2.90. The average molecular weight is 344 g/mol. The van der Waals surface area contributed by atoms with Gasteiger partial charge in [-0.05, 0) is 30.4 Å². The molecule has 0 spiro atoms. The quantitative estimate of drug-likeness (QED) is 0.752. The maximum atomic E-state index is 12.9. The third-order valence-electron chi connectivity index (χ3n) is 4.14. The molecule has 0 aromatic heterocycles. The Hall–Kier alpha value is -1.39. The van der Waals surface area contributed by atoms with Crippen molar-refractivity contribution in [2.75, 3.05) is 25.1 Å². The van der Waals surface area contributed by atoms with E-state index in [-0.39, 0.29) is 5.91 Å². The summed E-state index contributed by atoms with van der Waals surface area (Å²) >= 11 is 3.60. The van der Waals surface area contributed by atoms with Crippen LogP contribution in [-0.2, 0) is 0 Å². The Morgan fingerprint density at radius 1 is 1.09 bits per heavy atom. The second-order valence-electron chi connectivity index (χ2n) is 5.55. The number of rotatable bonds is 3. The van der Waals surface area contributed by atoms with E-state index in [1.54, 1.807) is 11.8 Å². The van der Waals surface area contributed by atoms with Gasteiger partial charge in [-0.3, -0.25) is 4.79 Å². The van der Waals surface area contributed by atoms with E-state index in [0.29, 0.717) is 5.25 Å². The minimum atomic E-state index is 0.171. The molecule has 1 amide bonds. The first kappa shape index (κ1) is 16.5. The number of benzene rings is 2. The third-order valence-corrected chi connectivity index (χ3v) is 6.26. The summed E-state index contributed by atoms with van der Waals surface area (Å²) in [5, 5.41) is 0.491. The Morgan fingerprint density at radius 2 is 1.83 bits per heavy atom. The monoisotopic (exact) mass is 343 g/mol. The van der Waals surface area contributed by atoms with Crippen molar-refractivity contribution in [1.82, 2.24) is 4.90 Å². The Morgan fingerprint density at radius 3 is 2.61 bits per heavy atom. The summed E-state index contributed by atoms with van der Waals surface area (Å²) in [6, 6.07) is 18.5. The fraction of sp³-hybridized carbons (Fsp3) is 0.316. The Kier molecular flexibility index (Phi) is 5.68. The van der Waals surface area contributed by atoms with Gasteiger partial charge in [0, 0.05) is 29.0 Å². The zero-order chi connectivity index (χ0) is 16.1. The molecule has 1 saturated heterocycles. The van der Waals surface area contributed by atoms with E-state index in [1.165, 1.54) is 5.56 Å². The van der Waals surface area contributed by atoms with E-state index in [0.717, 1.165) is 35.7 Å². The first-order valence-electron chi connectivity index (χ1n) is 7.88. The van der Waals surface area contributed by atoms with E-state index in [9.17, 15) is 4.79 Å². The lowest BCUT2D eigenvalue weighted by Gasteiger charge is -2.21. The molecule has 1 aliphatic rings. The molecule has 0 unspecified atom stereocenters. The second-order valence-corrected chi connectivity index (χ2v) is 7.71. The second kappa shape index (κ2) is 7.93. The van der Waals surface area contributed by atoms with Gasteiger partial charge in [-0.1, -0.05) is 42.5 Å². The Balaban J connectivity index is 1.71. The SMILES string of the molecule is CSc1ccccc1C(=O)N1CCS[C@H](c2ccccc2)CC1. The van der Waals surface area contributed by atoms with Crippen molar-refractivity contribution in [2.24, 2.45) is 0 Å². The normalized spacial score (nSPS) is 18.5. The molecule has 0 saturated carbocycles. The smallest absolute Gasteiger partial charge is 0.255 e. The minimum absolute atomic E-state index is 0.171. The Labute approximate surface area is 146 Å². The molecule has 2 nitrogen and oxygen atoms in total. The lowest BCUT2D eigenvalue weighted by Crippen LogP contribution is -2.33. The van der Waals surface area contributed by atoms with Crippen molar-refractivity contribution >= 4 is 29.4 Å².